The summed E-state index contributed by atoms with van der Waals surface area (Å²) < 4.78 is 5.41. The summed E-state index contributed by atoms with van der Waals surface area (Å²) in [5.41, 5.74) is 2.53. The van der Waals surface area contributed by atoms with E-state index in [1.807, 2.05) is 37.3 Å². The summed E-state index contributed by atoms with van der Waals surface area (Å²) in [6.07, 6.45) is 1.19. The Labute approximate surface area is 210 Å². The average molecular weight is 487 g/mol. The van der Waals surface area contributed by atoms with Gasteiger partial charge in [0.2, 0.25) is 5.91 Å². The van der Waals surface area contributed by atoms with Crippen molar-refractivity contribution in [1.82, 2.24) is 4.90 Å². The van der Waals surface area contributed by atoms with Crippen molar-refractivity contribution in [3.8, 4) is 5.75 Å². The molecule has 0 unspecified atom stereocenters. The van der Waals surface area contributed by atoms with Gasteiger partial charge in [0, 0.05) is 41.6 Å². The maximum atomic E-state index is 12.7. The van der Waals surface area contributed by atoms with Gasteiger partial charge in [-0.1, -0.05) is 18.2 Å². The van der Waals surface area contributed by atoms with Crippen molar-refractivity contribution in [2.45, 2.75) is 19.8 Å². The first-order valence-electron chi connectivity index (χ1n) is 12.1. The second-order valence-corrected chi connectivity index (χ2v) is 8.54. The fourth-order valence-electron chi connectivity index (χ4n) is 4.02. The number of hydrogen-bond donors (Lipinski definition) is 3. The van der Waals surface area contributed by atoms with Crippen LogP contribution in [0, 0.1) is 5.92 Å². The van der Waals surface area contributed by atoms with Crippen molar-refractivity contribution in [1.29, 1.82) is 0 Å². The molecule has 8 nitrogen and oxygen atoms in total. The Hall–Kier alpha value is -4.33. The molecule has 0 spiro atoms. The molecule has 0 atom stereocenters. The highest BCUT2D eigenvalue weighted by atomic mass is 16.5. The summed E-state index contributed by atoms with van der Waals surface area (Å²) in [5.74, 6) is 0.257. The second kappa shape index (κ2) is 11.9. The molecule has 4 amide bonds. The monoisotopic (exact) mass is 486 g/mol. The van der Waals surface area contributed by atoms with Gasteiger partial charge in [0.1, 0.15) is 5.75 Å². The summed E-state index contributed by atoms with van der Waals surface area (Å²) >= 11 is 0. The van der Waals surface area contributed by atoms with E-state index in [1.165, 1.54) is 0 Å². The van der Waals surface area contributed by atoms with Gasteiger partial charge < -0.3 is 25.6 Å². The van der Waals surface area contributed by atoms with Crippen molar-refractivity contribution in [3.63, 3.8) is 0 Å². The lowest BCUT2D eigenvalue weighted by atomic mass is 9.96. The Morgan fingerprint density at radius 3 is 2.00 bits per heavy atom. The number of amides is 4. The lowest BCUT2D eigenvalue weighted by Crippen LogP contribution is -2.43. The number of carbonyl (C=O) groups excluding carboxylic acids is 3. The smallest absolute Gasteiger partial charge is 0.321 e. The van der Waals surface area contributed by atoms with Crippen LogP contribution in [0.15, 0.2) is 78.9 Å². The molecule has 3 N–H and O–H groups in total. The highest BCUT2D eigenvalue weighted by molar-refractivity contribution is 6.04. The van der Waals surface area contributed by atoms with Crippen molar-refractivity contribution >= 4 is 34.9 Å². The molecule has 4 rings (SSSR count). The number of benzene rings is 3. The molecule has 1 heterocycles. The zero-order valence-corrected chi connectivity index (χ0v) is 20.2. The SMILES string of the molecule is CCOc1ccc(NC(=O)c2ccc(NC(=O)C3CCN(C(=O)Nc4ccccc4)CC3)cc2)cc1. The molecule has 1 aliphatic heterocycles. The minimum absolute atomic E-state index is 0.0790. The first-order chi connectivity index (χ1) is 17.5. The van der Waals surface area contributed by atoms with Crippen molar-refractivity contribution in [2.75, 3.05) is 35.6 Å². The second-order valence-electron chi connectivity index (χ2n) is 8.54. The van der Waals surface area contributed by atoms with E-state index in [1.54, 1.807) is 53.4 Å². The number of nitrogens with zero attached hydrogens (tertiary/aromatic N) is 1. The maximum absolute atomic E-state index is 12.7. The molecule has 0 bridgehead atoms. The number of para-hydroxylation sites is 1. The third-order valence-corrected chi connectivity index (χ3v) is 6.02. The van der Waals surface area contributed by atoms with Crippen LogP contribution in [0.3, 0.4) is 0 Å². The number of nitrogens with one attached hydrogen (secondary N) is 3. The molecule has 0 aromatic heterocycles. The Balaban J connectivity index is 1.24. The Kier molecular flexibility index (Phi) is 8.18. The minimum Gasteiger partial charge on any atom is -0.494 e. The van der Waals surface area contributed by atoms with Crippen LogP contribution in [0.2, 0.25) is 0 Å². The third kappa shape index (κ3) is 6.63. The number of hydrogen-bond acceptors (Lipinski definition) is 4. The summed E-state index contributed by atoms with van der Waals surface area (Å²) in [6.45, 7) is 3.53. The number of piperidine rings is 1. The highest BCUT2D eigenvalue weighted by Gasteiger charge is 2.27. The number of rotatable bonds is 7. The molecule has 1 fully saturated rings. The van der Waals surface area contributed by atoms with E-state index in [0.717, 1.165) is 11.4 Å². The molecular weight excluding hydrogens is 456 g/mol. The van der Waals surface area contributed by atoms with Gasteiger partial charge >= 0.3 is 6.03 Å². The Morgan fingerprint density at radius 1 is 0.778 bits per heavy atom. The molecule has 0 saturated carbocycles. The van der Waals surface area contributed by atoms with Crippen molar-refractivity contribution in [3.05, 3.63) is 84.4 Å². The molecule has 0 aliphatic carbocycles. The molecule has 36 heavy (non-hydrogen) atoms. The van der Waals surface area contributed by atoms with Crippen molar-refractivity contribution in [2.24, 2.45) is 5.92 Å². The van der Waals surface area contributed by atoms with Crippen LogP contribution < -0.4 is 20.7 Å². The lowest BCUT2D eigenvalue weighted by Gasteiger charge is -2.31. The van der Waals surface area contributed by atoms with Crippen LogP contribution in [-0.2, 0) is 4.79 Å². The van der Waals surface area contributed by atoms with Gasteiger partial charge in [0.05, 0.1) is 6.61 Å². The largest absolute Gasteiger partial charge is 0.494 e. The van der Waals surface area contributed by atoms with E-state index in [2.05, 4.69) is 16.0 Å². The Bertz CT molecular complexity index is 1170. The molecule has 3 aromatic carbocycles. The predicted molar refractivity (Wildman–Crippen MR) is 140 cm³/mol. The predicted octanol–water partition coefficient (Wildman–Crippen LogP) is 5.22. The van der Waals surface area contributed by atoms with E-state index in [-0.39, 0.29) is 23.8 Å². The van der Waals surface area contributed by atoms with Crippen LogP contribution in [-0.4, -0.2) is 42.4 Å². The van der Waals surface area contributed by atoms with E-state index in [0.29, 0.717) is 49.5 Å². The van der Waals surface area contributed by atoms with Gasteiger partial charge in [-0.2, -0.15) is 0 Å². The summed E-state index contributed by atoms with van der Waals surface area (Å²) in [5, 5.41) is 8.66. The van der Waals surface area contributed by atoms with E-state index in [4.69, 9.17) is 4.74 Å². The first kappa shape index (κ1) is 24.8. The van der Waals surface area contributed by atoms with Gasteiger partial charge in [-0.15, -0.1) is 0 Å². The number of urea groups is 1. The first-order valence-corrected chi connectivity index (χ1v) is 12.1. The zero-order valence-electron chi connectivity index (χ0n) is 20.2. The summed E-state index contributed by atoms with van der Waals surface area (Å²) in [7, 11) is 0. The third-order valence-electron chi connectivity index (χ3n) is 6.02. The van der Waals surface area contributed by atoms with Crippen LogP contribution in [0.1, 0.15) is 30.1 Å². The van der Waals surface area contributed by atoms with E-state index < -0.39 is 0 Å². The van der Waals surface area contributed by atoms with Crippen molar-refractivity contribution < 1.29 is 19.1 Å². The number of carbonyl (C=O) groups is 3. The molecule has 186 valence electrons. The van der Waals surface area contributed by atoms with Crippen LogP contribution >= 0.6 is 0 Å². The molecule has 0 radical (unpaired) electrons. The van der Waals surface area contributed by atoms with Gasteiger partial charge in [0.25, 0.3) is 5.91 Å². The summed E-state index contributed by atoms with van der Waals surface area (Å²) in [6, 6.07) is 23.1. The maximum Gasteiger partial charge on any atom is 0.321 e. The van der Waals surface area contributed by atoms with Crippen LogP contribution in [0.5, 0.6) is 5.75 Å². The lowest BCUT2D eigenvalue weighted by molar-refractivity contribution is -0.121. The molecule has 3 aromatic rings. The Morgan fingerprint density at radius 2 is 1.36 bits per heavy atom. The molecule has 1 saturated heterocycles. The average Bonchev–Trinajstić information content (AvgIpc) is 2.91. The number of ether oxygens (including phenoxy) is 1. The minimum atomic E-state index is -0.238. The van der Waals surface area contributed by atoms with Gasteiger partial charge in [0.15, 0.2) is 0 Å². The van der Waals surface area contributed by atoms with Crippen LogP contribution in [0.25, 0.3) is 0 Å². The number of anilines is 3. The normalized spacial score (nSPS) is 13.5. The quantitative estimate of drug-likeness (QED) is 0.426. The van der Waals surface area contributed by atoms with E-state index in [9.17, 15) is 14.4 Å². The molecule has 8 heteroatoms. The summed E-state index contributed by atoms with van der Waals surface area (Å²) in [4.78, 5) is 39.5. The molecular formula is C28H30N4O4. The highest BCUT2D eigenvalue weighted by Crippen LogP contribution is 2.21. The van der Waals surface area contributed by atoms with Crippen LogP contribution in [0.4, 0.5) is 21.9 Å². The van der Waals surface area contributed by atoms with Gasteiger partial charge in [-0.3, -0.25) is 9.59 Å². The van der Waals surface area contributed by atoms with E-state index >= 15 is 0 Å². The zero-order chi connectivity index (χ0) is 25.3. The fourth-order valence-corrected chi connectivity index (χ4v) is 4.02. The molecule has 1 aliphatic rings. The number of likely N-dealkylation sites (tertiary alicyclic amines) is 1. The topological polar surface area (TPSA) is 99.8 Å². The standard InChI is InChI=1S/C28H30N4O4/c1-2-36-25-14-12-24(13-15-25)30-26(33)20-8-10-23(11-9-20)29-27(34)21-16-18-32(19-17-21)28(35)31-22-6-4-3-5-7-22/h3-15,21H,2,16-19H2,1H3,(H,29,34)(H,30,33)(H,31,35). The van der Waals surface area contributed by atoms with Gasteiger partial charge in [-0.05, 0) is 80.4 Å². The van der Waals surface area contributed by atoms with Gasteiger partial charge in [-0.25, -0.2) is 4.79 Å². The fraction of sp³-hybridized carbons (Fsp3) is 0.250.